The summed E-state index contributed by atoms with van der Waals surface area (Å²) in [7, 11) is 0. The van der Waals surface area contributed by atoms with Gasteiger partial charge in [-0.2, -0.15) is 0 Å². The number of rotatable bonds is 1. The Labute approximate surface area is 299 Å². The summed E-state index contributed by atoms with van der Waals surface area (Å²) in [6.07, 6.45) is 0. The Morgan fingerprint density at radius 3 is 1.56 bits per heavy atom. The Morgan fingerprint density at radius 1 is 0.250 bits per heavy atom. The molecule has 0 fully saturated rings. The second-order valence-corrected chi connectivity index (χ2v) is 15.2. The van der Waals surface area contributed by atoms with Gasteiger partial charge >= 0.3 is 0 Å². The summed E-state index contributed by atoms with van der Waals surface area (Å²) in [6.45, 7) is 4.60. The minimum absolute atomic E-state index is 1.31. The quantitative estimate of drug-likeness (QED) is 0.155. The van der Waals surface area contributed by atoms with E-state index in [2.05, 4.69) is 159 Å². The van der Waals surface area contributed by atoms with Crippen molar-refractivity contribution in [3.63, 3.8) is 0 Å². The van der Waals surface area contributed by atoms with Crippen molar-refractivity contribution in [3.8, 4) is 33.4 Å². The maximum atomic E-state index is 2.55. The van der Waals surface area contributed by atoms with Crippen LogP contribution >= 0.6 is 0 Å². The van der Waals surface area contributed by atoms with Gasteiger partial charge in [-0.15, -0.1) is 0 Å². The lowest BCUT2D eigenvalue weighted by atomic mass is 9.84. The van der Waals surface area contributed by atoms with Crippen molar-refractivity contribution >= 4 is 97.0 Å². The Hall–Kier alpha value is -6.50. The number of benzene rings is 10. The predicted molar refractivity (Wildman–Crippen MR) is 226 cm³/mol. The molecule has 0 amide bonds. The molecule has 0 aromatic heterocycles. The van der Waals surface area contributed by atoms with Crippen LogP contribution in [0.15, 0.2) is 146 Å². The summed E-state index contributed by atoms with van der Waals surface area (Å²) in [4.78, 5) is 0. The number of fused-ring (bicyclic) bond motifs is 13. The molecular weight excluding hydrogens is 625 g/mol. The second-order valence-electron chi connectivity index (χ2n) is 15.2. The number of hydrogen-bond acceptors (Lipinski definition) is 0. The summed E-state index contributed by atoms with van der Waals surface area (Å²) in [5.74, 6) is 0. The van der Waals surface area contributed by atoms with Crippen molar-refractivity contribution in [3.05, 3.63) is 157 Å². The minimum atomic E-state index is 1.31. The number of hydrogen-bond donors (Lipinski definition) is 0. The molecule has 12 aromatic rings. The van der Waals surface area contributed by atoms with Crippen LogP contribution < -0.4 is 0 Å². The fraction of sp³-hybridized carbons (Fsp3) is 0.0385. The summed E-state index contributed by atoms with van der Waals surface area (Å²) < 4.78 is 0. The second kappa shape index (κ2) is 9.23. The van der Waals surface area contributed by atoms with E-state index in [1.54, 1.807) is 0 Å². The Balaban J connectivity index is 1.28. The SMILES string of the molecule is Cc1cc2c3c(c(C)ccc3c1-c1cc3c(cc4c5ccccc5c5cccc3c54)c3cc4c(cc13)c1cccc3cccc4c31)-c1ccccc1-2. The monoisotopic (exact) mass is 654 g/mol. The first-order valence-corrected chi connectivity index (χ1v) is 18.4. The first-order chi connectivity index (χ1) is 25.6. The lowest BCUT2D eigenvalue weighted by molar-refractivity contribution is 1.49. The molecule has 238 valence electrons. The third-order valence-corrected chi connectivity index (χ3v) is 12.7. The highest BCUT2D eigenvalue weighted by atomic mass is 14.3. The largest absolute Gasteiger partial charge is 0.0616 e. The van der Waals surface area contributed by atoms with Crippen molar-refractivity contribution in [1.29, 1.82) is 0 Å². The average Bonchev–Trinajstić information content (AvgIpc) is 3.81. The fourth-order valence-electron chi connectivity index (χ4n) is 10.6. The Bertz CT molecular complexity index is 3570. The van der Waals surface area contributed by atoms with Gasteiger partial charge in [-0.3, -0.25) is 0 Å². The van der Waals surface area contributed by atoms with Crippen molar-refractivity contribution < 1.29 is 0 Å². The van der Waals surface area contributed by atoms with Crippen molar-refractivity contribution in [1.82, 2.24) is 0 Å². The van der Waals surface area contributed by atoms with Gasteiger partial charge in [0.25, 0.3) is 0 Å². The molecule has 13 rings (SSSR count). The molecule has 0 aliphatic heterocycles. The molecule has 0 unspecified atom stereocenters. The summed E-state index contributed by atoms with van der Waals surface area (Å²) in [5.41, 5.74) is 10.8. The highest BCUT2D eigenvalue weighted by Crippen LogP contribution is 2.54. The molecule has 0 N–H and O–H groups in total. The van der Waals surface area contributed by atoms with E-state index in [4.69, 9.17) is 0 Å². The zero-order valence-electron chi connectivity index (χ0n) is 28.9. The van der Waals surface area contributed by atoms with E-state index in [-0.39, 0.29) is 0 Å². The first-order valence-electron chi connectivity index (χ1n) is 18.4. The van der Waals surface area contributed by atoms with Crippen LogP contribution in [0.25, 0.3) is 130 Å². The maximum absolute atomic E-state index is 2.55. The molecule has 0 heteroatoms. The fourth-order valence-corrected chi connectivity index (χ4v) is 10.6. The topological polar surface area (TPSA) is 0 Å². The van der Waals surface area contributed by atoms with Crippen LogP contribution in [-0.4, -0.2) is 0 Å². The molecule has 1 aliphatic rings. The van der Waals surface area contributed by atoms with Crippen LogP contribution in [0.5, 0.6) is 0 Å². The molecule has 12 aromatic carbocycles. The molecule has 0 atom stereocenters. The van der Waals surface area contributed by atoms with E-state index in [1.165, 1.54) is 141 Å². The van der Waals surface area contributed by atoms with Crippen molar-refractivity contribution in [2.75, 3.05) is 0 Å². The Kier molecular flexibility index (Phi) is 4.84. The normalized spacial score (nSPS) is 12.8. The van der Waals surface area contributed by atoms with E-state index in [0.29, 0.717) is 0 Å². The van der Waals surface area contributed by atoms with Crippen molar-refractivity contribution in [2.24, 2.45) is 0 Å². The van der Waals surface area contributed by atoms with Gasteiger partial charge in [0.2, 0.25) is 0 Å². The van der Waals surface area contributed by atoms with Gasteiger partial charge in [-0.1, -0.05) is 121 Å². The standard InChI is InChI=1S/C52H30/c1-27-20-21-38-48(28(2)22-45-32-14-5-6-15-33(32)49(27)52(38)45)47-25-41-37-19-9-18-34-30-12-3-4-13-31(30)46(51(34)37)26-43(41)42-23-39-35-16-7-10-29-11-8-17-36(50(29)35)40(39)24-44(42)47/h3-26H,1-2H3. The minimum Gasteiger partial charge on any atom is -0.0616 e. The van der Waals surface area contributed by atoms with Crippen LogP contribution in [0.4, 0.5) is 0 Å². The van der Waals surface area contributed by atoms with Gasteiger partial charge < -0.3 is 0 Å². The number of aryl methyl sites for hydroxylation is 2. The highest BCUT2D eigenvalue weighted by Gasteiger charge is 2.27. The van der Waals surface area contributed by atoms with Gasteiger partial charge in [-0.25, -0.2) is 0 Å². The molecule has 1 aliphatic carbocycles. The van der Waals surface area contributed by atoms with Crippen molar-refractivity contribution in [2.45, 2.75) is 13.8 Å². The molecule has 0 spiro atoms. The van der Waals surface area contributed by atoms with Gasteiger partial charge in [0.05, 0.1) is 0 Å². The predicted octanol–water partition coefficient (Wildman–Crippen LogP) is 14.9. The molecule has 0 saturated carbocycles. The van der Waals surface area contributed by atoms with Gasteiger partial charge in [0, 0.05) is 0 Å². The third kappa shape index (κ3) is 3.13. The van der Waals surface area contributed by atoms with E-state index in [9.17, 15) is 0 Å². The van der Waals surface area contributed by atoms with Gasteiger partial charge in [0.15, 0.2) is 0 Å². The van der Waals surface area contributed by atoms with Crippen LogP contribution in [-0.2, 0) is 0 Å². The van der Waals surface area contributed by atoms with E-state index < -0.39 is 0 Å². The molecule has 0 heterocycles. The Morgan fingerprint density at radius 2 is 0.788 bits per heavy atom. The average molecular weight is 655 g/mol. The smallest absolute Gasteiger partial charge is 0.00173 e. The van der Waals surface area contributed by atoms with Crippen LogP contribution in [0, 0.1) is 13.8 Å². The van der Waals surface area contributed by atoms with Gasteiger partial charge in [-0.05, 0) is 180 Å². The molecule has 0 bridgehead atoms. The highest BCUT2D eigenvalue weighted by molar-refractivity contribution is 6.39. The van der Waals surface area contributed by atoms with Crippen LogP contribution in [0.3, 0.4) is 0 Å². The molecule has 0 saturated heterocycles. The summed E-state index contributed by atoms with van der Waals surface area (Å²) in [6, 6.07) is 55.8. The van der Waals surface area contributed by atoms with Crippen LogP contribution in [0.1, 0.15) is 11.1 Å². The van der Waals surface area contributed by atoms with E-state index in [1.807, 2.05) is 0 Å². The first kappa shape index (κ1) is 27.3. The molecule has 52 heavy (non-hydrogen) atoms. The van der Waals surface area contributed by atoms with E-state index in [0.717, 1.165) is 0 Å². The van der Waals surface area contributed by atoms with Crippen LogP contribution in [0.2, 0.25) is 0 Å². The molecule has 0 nitrogen and oxygen atoms in total. The zero-order valence-corrected chi connectivity index (χ0v) is 28.9. The lowest BCUT2D eigenvalue weighted by Gasteiger charge is -2.19. The zero-order chi connectivity index (χ0) is 34.0. The van der Waals surface area contributed by atoms with Gasteiger partial charge in [0.1, 0.15) is 0 Å². The van der Waals surface area contributed by atoms with E-state index >= 15 is 0 Å². The lowest BCUT2D eigenvalue weighted by Crippen LogP contribution is -1.92. The molecular formula is C52H30. The maximum Gasteiger partial charge on any atom is -0.00173 e. The summed E-state index contributed by atoms with van der Waals surface area (Å²) >= 11 is 0. The third-order valence-electron chi connectivity index (χ3n) is 12.7. The summed E-state index contributed by atoms with van der Waals surface area (Å²) in [5, 5.41) is 24.2. The molecule has 0 radical (unpaired) electrons.